The molecule has 0 spiro atoms. The van der Waals surface area contributed by atoms with Crippen molar-refractivity contribution in [1.82, 2.24) is 10.2 Å². The maximum atomic E-state index is 12.1. The van der Waals surface area contributed by atoms with Crippen molar-refractivity contribution < 1.29 is 13.5 Å². The lowest BCUT2D eigenvalue weighted by atomic mass is 9.32. The number of fused-ring (bicyclic) bond motifs is 7. The topological polar surface area (TPSA) is 69.6 Å². The third-order valence-electron chi connectivity index (χ3n) is 16.1. The van der Waals surface area contributed by atoms with Crippen LogP contribution in [0.4, 0.5) is 0 Å². The van der Waals surface area contributed by atoms with Gasteiger partial charge in [0.15, 0.2) is 9.84 Å². The normalized spacial score (nSPS) is 49.7. The van der Waals surface area contributed by atoms with Gasteiger partial charge in [-0.1, -0.05) is 53.7 Å². The SMILES string of the molecule is C=C(C)[C@@H]1CC[C@]2(NC[C@H](CC)N3CCS(=O)(=O)CC3)CC[C@]3(C)[C@H](CCC4[C@@]5(C)CC[C@H](O)C(C)(C)C5CC[C@]43C)[C@@H]12. The van der Waals surface area contributed by atoms with Crippen molar-refractivity contribution >= 4 is 9.84 Å². The highest BCUT2D eigenvalue weighted by Crippen LogP contribution is 2.76. The summed E-state index contributed by atoms with van der Waals surface area (Å²) in [5.74, 6) is 3.90. The minimum absolute atomic E-state index is 0.00256. The Hall–Kier alpha value is -0.430. The Morgan fingerprint density at radius 1 is 0.907 bits per heavy atom. The molecule has 43 heavy (non-hydrogen) atoms. The van der Waals surface area contributed by atoms with E-state index < -0.39 is 9.84 Å². The Morgan fingerprint density at radius 3 is 2.26 bits per heavy atom. The number of allylic oxidation sites excluding steroid dienone is 1. The second kappa shape index (κ2) is 10.8. The standard InChI is InChI=1S/C37H64N2O3S/c1-9-26(39-20-22-43(41,42)23-21-39)24-38-37-17-12-27(25(2)3)32(37)28-10-11-30-34(6)15-14-31(40)33(4,5)29(34)13-16-36(30,8)35(28,7)18-19-37/h26-32,38,40H,2,9-24H2,1,3-8H3/t26-,27-,28+,29?,30?,31-,32+,34-,35+,36+,37-/m0/s1. The lowest BCUT2D eigenvalue weighted by molar-refractivity contribution is -0.243. The highest BCUT2D eigenvalue weighted by Gasteiger charge is 2.70. The van der Waals surface area contributed by atoms with Crippen LogP contribution in [0.15, 0.2) is 12.2 Å². The molecule has 2 N–H and O–H groups in total. The first kappa shape index (κ1) is 32.5. The summed E-state index contributed by atoms with van der Waals surface area (Å²) in [6.07, 6.45) is 13.3. The average Bonchev–Trinajstić information content (AvgIpc) is 3.33. The smallest absolute Gasteiger partial charge is 0.152 e. The van der Waals surface area contributed by atoms with Crippen LogP contribution >= 0.6 is 0 Å². The molecule has 0 aromatic carbocycles. The highest BCUT2D eigenvalue weighted by molar-refractivity contribution is 7.91. The second-order valence-corrected chi connectivity index (χ2v) is 20.2. The van der Waals surface area contributed by atoms with Crippen molar-refractivity contribution in [3.63, 3.8) is 0 Å². The zero-order valence-corrected chi connectivity index (χ0v) is 29.5. The fraction of sp³-hybridized carbons (Fsp3) is 0.946. The summed E-state index contributed by atoms with van der Waals surface area (Å²) in [7, 11) is -2.87. The molecule has 1 aliphatic heterocycles. The summed E-state index contributed by atoms with van der Waals surface area (Å²) in [6.45, 7) is 24.3. The summed E-state index contributed by atoms with van der Waals surface area (Å²) in [5, 5.41) is 15.4. The van der Waals surface area contributed by atoms with Crippen molar-refractivity contribution in [2.24, 2.45) is 51.2 Å². The molecule has 5 aliphatic carbocycles. The first-order valence-corrected chi connectivity index (χ1v) is 19.9. The van der Waals surface area contributed by atoms with Crippen LogP contribution in [0.3, 0.4) is 0 Å². The third-order valence-corrected chi connectivity index (χ3v) is 17.7. The van der Waals surface area contributed by atoms with Crippen LogP contribution in [-0.4, -0.2) is 67.2 Å². The molecular weight excluding hydrogens is 552 g/mol. The van der Waals surface area contributed by atoms with Gasteiger partial charge < -0.3 is 10.4 Å². The average molecular weight is 617 g/mol. The van der Waals surface area contributed by atoms with E-state index in [2.05, 4.69) is 65.3 Å². The summed E-state index contributed by atoms with van der Waals surface area (Å²) in [6, 6.07) is 0.399. The summed E-state index contributed by atoms with van der Waals surface area (Å²) in [5.41, 5.74) is 2.53. The van der Waals surface area contributed by atoms with Gasteiger partial charge in [0.2, 0.25) is 0 Å². The number of nitrogens with one attached hydrogen (secondary N) is 1. The predicted molar refractivity (Wildman–Crippen MR) is 178 cm³/mol. The number of rotatable bonds is 6. The fourth-order valence-corrected chi connectivity index (χ4v) is 14.6. The van der Waals surface area contributed by atoms with E-state index in [4.69, 9.17) is 0 Å². The van der Waals surface area contributed by atoms with Gasteiger partial charge in [-0.05, 0) is 129 Å². The monoisotopic (exact) mass is 616 g/mol. The molecule has 6 aliphatic rings. The highest BCUT2D eigenvalue weighted by atomic mass is 32.2. The maximum absolute atomic E-state index is 12.1. The molecule has 0 aromatic heterocycles. The van der Waals surface area contributed by atoms with Gasteiger partial charge in [-0.15, -0.1) is 0 Å². The third kappa shape index (κ3) is 4.79. The van der Waals surface area contributed by atoms with Crippen molar-refractivity contribution in [2.45, 2.75) is 137 Å². The van der Waals surface area contributed by atoms with E-state index in [1.807, 2.05) is 0 Å². The molecule has 246 valence electrons. The van der Waals surface area contributed by atoms with Gasteiger partial charge in [0, 0.05) is 31.2 Å². The van der Waals surface area contributed by atoms with Crippen molar-refractivity contribution in [3.05, 3.63) is 12.2 Å². The molecule has 1 saturated heterocycles. The van der Waals surface area contributed by atoms with Gasteiger partial charge in [0.25, 0.3) is 0 Å². The van der Waals surface area contributed by atoms with E-state index in [9.17, 15) is 13.5 Å². The van der Waals surface area contributed by atoms with Crippen LogP contribution in [0.2, 0.25) is 0 Å². The molecule has 5 nitrogen and oxygen atoms in total. The number of hydrogen-bond donors (Lipinski definition) is 2. The van der Waals surface area contributed by atoms with Gasteiger partial charge in [-0.25, -0.2) is 8.42 Å². The van der Waals surface area contributed by atoms with Crippen LogP contribution < -0.4 is 5.32 Å². The first-order chi connectivity index (χ1) is 20.0. The Kier molecular flexibility index (Phi) is 8.17. The number of hydrogen-bond acceptors (Lipinski definition) is 5. The zero-order valence-electron chi connectivity index (χ0n) is 28.7. The predicted octanol–water partition coefficient (Wildman–Crippen LogP) is 6.86. The van der Waals surface area contributed by atoms with Crippen molar-refractivity contribution in [1.29, 1.82) is 0 Å². The van der Waals surface area contributed by atoms with Crippen LogP contribution in [0, 0.1) is 51.2 Å². The summed E-state index contributed by atoms with van der Waals surface area (Å²) >= 11 is 0. The number of aliphatic hydroxyl groups is 1. The molecule has 0 aromatic rings. The molecule has 6 rings (SSSR count). The van der Waals surface area contributed by atoms with Crippen LogP contribution in [-0.2, 0) is 9.84 Å². The van der Waals surface area contributed by atoms with Gasteiger partial charge >= 0.3 is 0 Å². The number of aliphatic hydroxyl groups excluding tert-OH is 1. The van der Waals surface area contributed by atoms with E-state index in [0.717, 1.165) is 25.3 Å². The Bertz CT molecular complexity index is 1190. The summed E-state index contributed by atoms with van der Waals surface area (Å²) < 4.78 is 24.3. The van der Waals surface area contributed by atoms with E-state index in [1.165, 1.54) is 63.4 Å². The molecule has 0 radical (unpaired) electrons. The molecule has 5 saturated carbocycles. The number of nitrogens with zero attached hydrogens (tertiary/aromatic N) is 1. The maximum Gasteiger partial charge on any atom is 0.152 e. The zero-order chi connectivity index (χ0) is 31.2. The quantitative estimate of drug-likeness (QED) is 0.319. The molecule has 6 heteroatoms. The van der Waals surface area contributed by atoms with Crippen molar-refractivity contribution in [2.75, 3.05) is 31.1 Å². The van der Waals surface area contributed by atoms with Crippen LogP contribution in [0.5, 0.6) is 0 Å². The summed E-state index contributed by atoms with van der Waals surface area (Å²) in [4.78, 5) is 2.45. The van der Waals surface area contributed by atoms with E-state index >= 15 is 0 Å². The fourth-order valence-electron chi connectivity index (χ4n) is 13.4. The second-order valence-electron chi connectivity index (χ2n) is 17.8. The first-order valence-electron chi connectivity index (χ1n) is 18.1. The van der Waals surface area contributed by atoms with E-state index in [1.54, 1.807) is 0 Å². The lowest BCUT2D eigenvalue weighted by Gasteiger charge is -2.73. The van der Waals surface area contributed by atoms with E-state index in [-0.39, 0.29) is 17.1 Å². The lowest BCUT2D eigenvalue weighted by Crippen LogP contribution is -2.69. The van der Waals surface area contributed by atoms with E-state index in [0.29, 0.717) is 70.6 Å². The van der Waals surface area contributed by atoms with Crippen LogP contribution in [0.25, 0.3) is 0 Å². The number of sulfone groups is 1. The molecule has 2 unspecified atom stereocenters. The molecular formula is C37H64N2O3S. The van der Waals surface area contributed by atoms with Gasteiger partial charge in [0.05, 0.1) is 17.6 Å². The molecule has 0 amide bonds. The minimum Gasteiger partial charge on any atom is -0.393 e. The van der Waals surface area contributed by atoms with Crippen molar-refractivity contribution in [3.8, 4) is 0 Å². The Balaban J connectivity index is 1.28. The molecule has 6 fully saturated rings. The molecule has 11 atom stereocenters. The van der Waals surface area contributed by atoms with Gasteiger partial charge in [-0.3, -0.25) is 4.90 Å². The van der Waals surface area contributed by atoms with Crippen LogP contribution in [0.1, 0.15) is 119 Å². The molecule has 1 heterocycles. The minimum atomic E-state index is -2.87. The Morgan fingerprint density at radius 2 is 1.60 bits per heavy atom. The van der Waals surface area contributed by atoms with Gasteiger partial charge in [-0.2, -0.15) is 0 Å². The van der Waals surface area contributed by atoms with Gasteiger partial charge in [0.1, 0.15) is 0 Å². The molecule has 0 bridgehead atoms. The largest absolute Gasteiger partial charge is 0.393 e. The Labute approximate surface area is 264 Å².